The molecule has 0 bridgehead atoms. The molecule has 0 spiro atoms. The number of hydrogen-bond donors (Lipinski definition) is 0. The standard InChI is InChI=1S/C13H17ClFNO/c1-10-7-16(9-13(6-14)17-10)8-11-2-4-12(15)5-3-11/h2-5,10,13H,6-9H2,1H3. The van der Waals surface area contributed by atoms with Crippen molar-refractivity contribution in [2.45, 2.75) is 25.7 Å². The Morgan fingerprint density at radius 3 is 2.71 bits per heavy atom. The van der Waals surface area contributed by atoms with Gasteiger partial charge in [-0.15, -0.1) is 11.6 Å². The van der Waals surface area contributed by atoms with E-state index in [-0.39, 0.29) is 18.0 Å². The highest BCUT2D eigenvalue weighted by Gasteiger charge is 2.24. The van der Waals surface area contributed by atoms with Crippen molar-refractivity contribution in [1.82, 2.24) is 4.90 Å². The Kier molecular flexibility index (Phi) is 4.37. The van der Waals surface area contributed by atoms with Crippen molar-refractivity contribution in [3.05, 3.63) is 35.6 Å². The number of rotatable bonds is 3. The van der Waals surface area contributed by atoms with Crippen LogP contribution in [0.4, 0.5) is 4.39 Å². The summed E-state index contributed by atoms with van der Waals surface area (Å²) in [4.78, 5) is 2.30. The molecular weight excluding hydrogens is 241 g/mol. The van der Waals surface area contributed by atoms with Crippen LogP contribution in [0.2, 0.25) is 0 Å². The Morgan fingerprint density at radius 1 is 1.35 bits per heavy atom. The second-order valence-electron chi connectivity index (χ2n) is 4.54. The average molecular weight is 258 g/mol. The van der Waals surface area contributed by atoms with Crippen LogP contribution in [0, 0.1) is 5.82 Å². The van der Waals surface area contributed by atoms with Gasteiger partial charge < -0.3 is 4.74 Å². The summed E-state index contributed by atoms with van der Waals surface area (Å²) in [7, 11) is 0. The van der Waals surface area contributed by atoms with E-state index in [0.29, 0.717) is 5.88 Å². The maximum atomic E-state index is 12.8. The minimum absolute atomic E-state index is 0.0980. The molecule has 2 unspecified atom stereocenters. The van der Waals surface area contributed by atoms with Crippen LogP contribution >= 0.6 is 11.6 Å². The number of ether oxygens (including phenoxy) is 1. The van der Waals surface area contributed by atoms with Crippen LogP contribution < -0.4 is 0 Å². The van der Waals surface area contributed by atoms with Gasteiger partial charge in [0.2, 0.25) is 0 Å². The van der Waals surface area contributed by atoms with E-state index in [1.165, 1.54) is 12.1 Å². The SMILES string of the molecule is CC1CN(Cc2ccc(F)cc2)CC(CCl)O1. The number of alkyl halides is 1. The van der Waals surface area contributed by atoms with Gasteiger partial charge in [-0.2, -0.15) is 0 Å². The van der Waals surface area contributed by atoms with E-state index in [4.69, 9.17) is 16.3 Å². The maximum Gasteiger partial charge on any atom is 0.123 e. The van der Waals surface area contributed by atoms with E-state index in [9.17, 15) is 4.39 Å². The quantitative estimate of drug-likeness (QED) is 0.772. The first-order valence-electron chi connectivity index (χ1n) is 5.85. The Morgan fingerprint density at radius 2 is 2.06 bits per heavy atom. The van der Waals surface area contributed by atoms with Gasteiger partial charge in [0.25, 0.3) is 0 Å². The molecule has 94 valence electrons. The van der Waals surface area contributed by atoms with Crippen LogP contribution in [0.25, 0.3) is 0 Å². The molecule has 1 aliphatic rings. The summed E-state index contributed by atoms with van der Waals surface area (Å²) in [5, 5.41) is 0. The molecule has 0 N–H and O–H groups in total. The van der Waals surface area contributed by atoms with Crippen molar-refractivity contribution < 1.29 is 9.13 Å². The first kappa shape index (κ1) is 12.8. The Balaban J connectivity index is 1.95. The predicted molar refractivity (Wildman–Crippen MR) is 66.7 cm³/mol. The smallest absolute Gasteiger partial charge is 0.123 e. The van der Waals surface area contributed by atoms with Gasteiger partial charge in [0.05, 0.1) is 12.2 Å². The van der Waals surface area contributed by atoms with Crippen molar-refractivity contribution in [3.63, 3.8) is 0 Å². The molecular formula is C13H17ClFNO. The lowest BCUT2D eigenvalue weighted by molar-refractivity contribution is -0.0688. The monoisotopic (exact) mass is 257 g/mol. The number of nitrogens with zero attached hydrogens (tertiary/aromatic N) is 1. The van der Waals surface area contributed by atoms with Gasteiger partial charge in [0, 0.05) is 25.5 Å². The molecule has 0 saturated carbocycles. The van der Waals surface area contributed by atoms with Crippen LogP contribution in [-0.4, -0.2) is 36.1 Å². The lowest BCUT2D eigenvalue weighted by Crippen LogP contribution is -2.46. The van der Waals surface area contributed by atoms with E-state index in [1.807, 2.05) is 12.1 Å². The largest absolute Gasteiger partial charge is 0.371 e. The molecule has 2 rings (SSSR count). The summed E-state index contributed by atoms with van der Waals surface area (Å²) < 4.78 is 18.5. The van der Waals surface area contributed by atoms with E-state index < -0.39 is 0 Å². The molecule has 0 amide bonds. The molecule has 17 heavy (non-hydrogen) atoms. The average Bonchev–Trinajstić information content (AvgIpc) is 2.31. The summed E-state index contributed by atoms with van der Waals surface area (Å²) in [6.07, 6.45) is 0.300. The van der Waals surface area contributed by atoms with Crippen molar-refractivity contribution >= 4 is 11.6 Å². The molecule has 1 aromatic rings. The summed E-state index contributed by atoms with van der Waals surface area (Å²) in [6.45, 7) is 4.60. The van der Waals surface area contributed by atoms with E-state index in [2.05, 4.69) is 11.8 Å². The van der Waals surface area contributed by atoms with Crippen molar-refractivity contribution in [1.29, 1.82) is 0 Å². The highest BCUT2D eigenvalue weighted by Crippen LogP contribution is 2.15. The minimum atomic E-state index is -0.192. The van der Waals surface area contributed by atoms with Gasteiger partial charge in [0.1, 0.15) is 5.82 Å². The zero-order valence-electron chi connectivity index (χ0n) is 9.90. The summed E-state index contributed by atoms with van der Waals surface area (Å²) >= 11 is 5.83. The molecule has 1 aliphatic heterocycles. The predicted octanol–water partition coefficient (Wildman–Crippen LogP) is 2.65. The molecule has 2 nitrogen and oxygen atoms in total. The molecule has 1 saturated heterocycles. The van der Waals surface area contributed by atoms with Crippen LogP contribution in [0.5, 0.6) is 0 Å². The topological polar surface area (TPSA) is 12.5 Å². The van der Waals surface area contributed by atoms with Gasteiger partial charge >= 0.3 is 0 Å². The fourth-order valence-corrected chi connectivity index (χ4v) is 2.37. The third-order valence-corrected chi connectivity index (χ3v) is 3.24. The Labute approximate surface area is 106 Å². The van der Waals surface area contributed by atoms with Crippen molar-refractivity contribution in [2.24, 2.45) is 0 Å². The molecule has 1 heterocycles. The summed E-state index contributed by atoms with van der Waals surface area (Å²) in [6, 6.07) is 6.65. The number of benzene rings is 1. The summed E-state index contributed by atoms with van der Waals surface area (Å²) in [5.74, 6) is 0.326. The fourth-order valence-electron chi connectivity index (χ4n) is 2.20. The molecule has 0 aliphatic carbocycles. The zero-order chi connectivity index (χ0) is 12.3. The normalized spacial score (nSPS) is 26.1. The molecule has 1 aromatic carbocycles. The van der Waals surface area contributed by atoms with Gasteiger partial charge in [0.15, 0.2) is 0 Å². The fraction of sp³-hybridized carbons (Fsp3) is 0.538. The highest BCUT2D eigenvalue weighted by atomic mass is 35.5. The second-order valence-corrected chi connectivity index (χ2v) is 4.85. The van der Waals surface area contributed by atoms with Gasteiger partial charge in [-0.05, 0) is 24.6 Å². The first-order chi connectivity index (χ1) is 8.17. The molecule has 4 heteroatoms. The Bertz CT molecular complexity index is 357. The third kappa shape index (κ3) is 3.66. The van der Waals surface area contributed by atoms with E-state index in [0.717, 1.165) is 25.2 Å². The van der Waals surface area contributed by atoms with Crippen molar-refractivity contribution in [3.8, 4) is 0 Å². The lowest BCUT2D eigenvalue weighted by Gasteiger charge is -2.36. The maximum absolute atomic E-state index is 12.8. The zero-order valence-corrected chi connectivity index (χ0v) is 10.7. The van der Waals surface area contributed by atoms with Gasteiger partial charge in [-0.1, -0.05) is 12.1 Å². The van der Waals surface area contributed by atoms with Crippen molar-refractivity contribution in [2.75, 3.05) is 19.0 Å². The van der Waals surface area contributed by atoms with Crippen LogP contribution in [0.15, 0.2) is 24.3 Å². The second kappa shape index (κ2) is 5.80. The summed E-state index contributed by atoms with van der Waals surface area (Å²) in [5.41, 5.74) is 1.12. The Hall–Kier alpha value is -0.640. The number of halogens is 2. The lowest BCUT2D eigenvalue weighted by atomic mass is 10.1. The van der Waals surface area contributed by atoms with E-state index >= 15 is 0 Å². The van der Waals surface area contributed by atoms with Crippen LogP contribution in [0.1, 0.15) is 12.5 Å². The molecule has 0 aromatic heterocycles. The van der Waals surface area contributed by atoms with Gasteiger partial charge in [-0.3, -0.25) is 4.90 Å². The molecule has 2 atom stereocenters. The number of morpholine rings is 1. The minimum Gasteiger partial charge on any atom is -0.371 e. The van der Waals surface area contributed by atoms with Crippen LogP contribution in [0.3, 0.4) is 0 Å². The number of hydrogen-bond acceptors (Lipinski definition) is 2. The molecule has 0 radical (unpaired) electrons. The van der Waals surface area contributed by atoms with Crippen LogP contribution in [-0.2, 0) is 11.3 Å². The third-order valence-electron chi connectivity index (χ3n) is 2.89. The highest BCUT2D eigenvalue weighted by molar-refractivity contribution is 6.18. The van der Waals surface area contributed by atoms with E-state index in [1.54, 1.807) is 0 Å². The first-order valence-corrected chi connectivity index (χ1v) is 6.39. The molecule has 1 fully saturated rings. The van der Waals surface area contributed by atoms with Gasteiger partial charge in [-0.25, -0.2) is 4.39 Å².